The molecule has 9 rings (SSSR count). The summed E-state index contributed by atoms with van der Waals surface area (Å²) in [6.45, 7) is 5.67. The Kier molecular flexibility index (Phi) is 24.0. The number of fused-ring (bicyclic) bond motifs is 9. The molecule has 0 aliphatic heterocycles. The quantitative estimate of drug-likeness (QED) is 0.217. The predicted octanol–water partition coefficient (Wildman–Crippen LogP) is 11.5. The van der Waals surface area contributed by atoms with Gasteiger partial charge in [0.15, 0.2) is 0 Å². The van der Waals surface area contributed by atoms with Crippen molar-refractivity contribution in [1.82, 2.24) is 0 Å². The summed E-state index contributed by atoms with van der Waals surface area (Å²) in [7, 11) is 9.87. The van der Waals surface area contributed by atoms with Gasteiger partial charge in [-0.15, -0.1) is 0 Å². The van der Waals surface area contributed by atoms with Gasteiger partial charge in [-0.05, 0) is 119 Å². The fraction of sp³-hybridized carbons (Fsp3) is 0.711. The summed E-state index contributed by atoms with van der Waals surface area (Å²) in [5.74, 6) is 9.36. The van der Waals surface area contributed by atoms with Crippen LogP contribution in [0, 0.1) is 62.2 Å². The van der Waals surface area contributed by atoms with Crippen LogP contribution in [0.1, 0.15) is 141 Å². The molecule has 0 aromatic heterocycles. The molecule has 0 bridgehead atoms. The minimum atomic E-state index is -0.826. The molecule has 6 saturated carbocycles. The monoisotopic (exact) mass is 794 g/mol. The van der Waals surface area contributed by atoms with Crippen LogP contribution in [0.15, 0.2) is 42.5 Å². The zero-order valence-corrected chi connectivity index (χ0v) is 36.9. The fourth-order valence-corrected chi connectivity index (χ4v) is 11.6. The van der Waals surface area contributed by atoms with Crippen LogP contribution in [0.3, 0.4) is 0 Å². The van der Waals surface area contributed by atoms with Crippen molar-refractivity contribution in [3.63, 3.8) is 0 Å². The first-order valence-corrected chi connectivity index (χ1v) is 26.4. The Bertz CT molecular complexity index is 1110. The first-order chi connectivity index (χ1) is 23.2. The van der Waals surface area contributed by atoms with E-state index in [0.29, 0.717) is 0 Å². The Balaban J connectivity index is 0.000000229. The molecule has 1 nitrogen and oxygen atoms in total. The Labute approximate surface area is 341 Å². The van der Waals surface area contributed by atoms with Crippen molar-refractivity contribution in [2.75, 3.05) is 13.2 Å². The first kappa shape index (κ1) is 46.7. The number of hydrogen-bond donors (Lipinski definition) is 0. The van der Waals surface area contributed by atoms with E-state index in [0.717, 1.165) is 25.0 Å². The van der Waals surface area contributed by atoms with Crippen LogP contribution in [0.5, 0.6) is 0 Å². The molecule has 276 valence electrons. The second-order valence-electron chi connectivity index (χ2n) is 15.8. The third-order valence-electron chi connectivity index (χ3n) is 13.6. The van der Waals surface area contributed by atoms with Gasteiger partial charge in [0.05, 0.1) is 0 Å². The van der Waals surface area contributed by atoms with Crippen LogP contribution >= 0.6 is 17.0 Å². The molecule has 0 amide bonds. The molecule has 0 radical (unpaired) electrons. The summed E-state index contributed by atoms with van der Waals surface area (Å²) in [6.07, 6.45) is 30.7. The number of hydrogen-bond acceptors (Lipinski definition) is 1. The maximum absolute atomic E-state index is 4.93. The van der Waals surface area contributed by atoms with E-state index in [1.165, 1.54) is 70.6 Å². The molecule has 5 heteroatoms. The molecular weight excluding hydrogens is 726 g/mol. The molecule has 2 aromatic carbocycles. The van der Waals surface area contributed by atoms with Crippen LogP contribution in [0.25, 0.3) is 11.1 Å². The Morgan fingerprint density at radius 3 is 1.42 bits per heavy atom. The summed E-state index contributed by atoms with van der Waals surface area (Å²) in [4.78, 5) is 0. The summed E-state index contributed by atoms with van der Waals surface area (Å²) < 4.78 is 4.83. The number of aryl methyl sites for hydroxylation is 2. The second-order valence-corrected chi connectivity index (χ2v) is 19.5. The molecule has 2 aromatic rings. The zero-order chi connectivity index (χ0) is 32.8. The Morgan fingerprint density at radius 2 is 0.960 bits per heavy atom. The predicted molar refractivity (Wildman–Crippen MR) is 213 cm³/mol. The van der Waals surface area contributed by atoms with Crippen molar-refractivity contribution < 1.29 is 44.4 Å². The normalized spacial score (nSPS) is 30.5. The SMILES string of the molecule is C1CCC2C(C1)CCC1CCCC12.C1CCC2C(C1)CCC1CCCC12.CCOCC.[CH3-].[CH3-].[Cl][Zr+2][Cl].[Li+].c1ccc2c(c1)CCc1c[cH-]cc1-2. The van der Waals surface area contributed by atoms with E-state index >= 15 is 0 Å². The summed E-state index contributed by atoms with van der Waals surface area (Å²) in [6, 6.07) is 15.4. The molecular formula is C45H71Cl2LiOZr. The Morgan fingerprint density at radius 1 is 0.560 bits per heavy atom. The van der Waals surface area contributed by atoms with E-state index in [1.54, 1.807) is 116 Å². The van der Waals surface area contributed by atoms with Crippen LogP contribution in [-0.4, -0.2) is 13.2 Å². The van der Waals surface area contributed by atoms with E-state index in [9.17, 15) is 0 Å². The van der Waals surface area contributed by atoms with E-state index in [1.807, 2.05) is 13.8 Å². The number of halogens is 2. The smallest absolute Gasteiger partial charge is 0.191 e. The van der Waals surface area contributed by atoms with Crippen molar-refractivity contribution in [3.8, 4) is 11.1 Å². The van der Waals surface area contributed by atoms with E-state index in [4.69, 9.17) is 21.8 Å². The van der Waals surface area contributed by atoms with Gasteiger partial charge in [0.25, 0.3) is 0 Å². The molecule has 7 aliphatic carbocycles. The van der Waals surface area contributed by atoms with Crippen molar-refractivity contribution in [2.45, 2.75) is 142 Å². The van der Waals surface area contributed by atoms with E-state index in [-0.39, 0.29) is 33.7 Å². The van der Waals surface area contributed by atoms with Gasteiger partial charge >= 0.3 is 56.7 Å². The maximum Gasteiger partial charge on any atom is 1.00 e. The molecule has 50 heavy (non-hydrogen) atoms. The third-order valence-corrected chi connectivity index (χ3v) is 13.6. The largest absolute Gasteiger partial charge is 1.00 e. The van der Waals surface area contributed by atoms with Crippen molar-refractivity contribution >= 4 is 17.0 Å². The van der Waals surface area contributed by atoms with E-state index in [2.05, 4.69) is 42.5 Å². The number of benzene rings is 1. The zero-order valence-electron chi connectivity index (χ0n) is 32.9. The van der Waals surface area contributed by atoms with Gasteiger partial charge in [0, 0.05) is 13.2 Å². The van der Waals surface area contributed by atoms with Gasteiger partial charge in [0.2, 0.25) is 0 Å². The van der Waals surface area contributed by atoms with Gasteiger partial charge in [-0.1, -0.05) is 106 Å². The van der Waals surface area contributed by atoms with Gasteiger partial charge in [0.1, 0.15) is 0 Å². The van der Waals surface area contributed by atoms with Gasteiger partial charge in [-0.25, -0.2) is 0 Å². The fourth-order valence-electron chi connectivity index (χ4n) is 11.6. The van der Waals surface area contributed by atoms with Gasteiger partial charge < -0.3 is 19.6 Å². The molecule has 8 atom stereocenters. The van der Waals surface area contributed by atoms with Crippen LogP contribution in [0.2, 0.25) is 0 Å². The summed E-state index contributed by atoms with van der Waals surface area (Å²) in [5.41, 5.74) is 5.90. The van der Waals surface area contributed by atoms with Crippen molar-refractivity contribution in [2.24, 2.45) is 47.3 Å². The minimum Gasteiger partial charge on any atom is -0.191 e. The standard InChI is InChI=1S/2C13H22.C13H11.C4H10O.2CH3.2ClH.Li.Zr/c3*1-2-6-12-10(4-1)8-9-11-5-3-7-13(11)12;1-3-5-4-2;;;;;;/h2*10-13H,1-9H2;1-7H,8-9H2;3-4H2,1-2H3;2*1H3;2*1H;;/q;;-1;;2*-1;;;+1;+4/p-2. The molecule has 7 aliphatic rings. The molecule has 0 spiro atoms. The molecule has 0 heterocycles. The second kappa shape index (κ2) is 25.6. The molecule has 0 saturated heterocycles. The topological polar surface area (TPSA) is 9.23 Å². The minimum absolute atomic E-state index is 0. The van der Waals surface area contributed by atoms with Crippen molar-refractivity contribution in [1.29, 1.82) is 0 Å². The third kappa shape index (κ3) is 12.8. The maximum atomic E-state index is 4.93. The molecule has 8 unspecified atom stereocenters. The van der Waals surface area contributed by atoms with Gasteiger partial charge in [-0.2, -0.15) is 29.3 Å². The van der Waals surface area contributed by atoms with Crippen LogP contribution < -0.4 is 18.9 Å². The summed E-state index contributed by atoms with van der Waals surface area (Å²) >= 11 is -0.826. The molecule has 0 N–H and O–H groups in total. The number of ether oxygens (including phenoxy) is 1. The average Bonchev–Trinajstić information content (AvgIpc) is 3.91. The average molecular weight is 797 g/mol. The van der Waals surface area contributed by atoms with Gasteiger partial charge in [-0.3, -0.25) is 0 Å². The molecule has 6 fully saturated rings. The number of rotatable bonds is 2. The van der Waals surface area contributed by atoms with Crippen LogP contribution in [-0.2, 0) is 38.4 Å². The van der Waals surface area contributed by atoms with Crippen LogP contribution in [0.4, 0.5) is 0 Å². The Hall–Kier alpha value is 0.591. The first-order valence-electron chi connectivity index (χ1n) is 20.0. The van der Waals surface area contributed by atoms with Crippen molar-refractivity contribution in [3.05, 3.63) is 68.4 Å². The van der Waals surface area contributed by atoms with E-state index < -0.39 is 20.8 Å². The summed E-state index contributed by atoms with van der Waals surface area (Å²) in [5, 5.41) is 0.